The van der Waals surface area contributed by atoms with Crippen molar-refractivity contribution >= 4 is 0 Å². The van der Waals surface area contributed by atoms with E-state index in [-0.39, 0.29) is 0 Å². The fourth-order valence-electron chi connectivity index (χ4n) is 2.92. The molecule has 4 heterocycles. The number of aromatic nitrogens is 4. The van der Waals surface area contributed by atoms with Gasteiger partial charge in [-0.2, -0.15) is 4.68 Å². The van der Waals surface area contributed by atoms with Gasteiger partial charge in [0.25, 0.3) is 0 Å². The van der Waals surface area contributed by atoms with Crippen LogP contribution in [-0.2, 0) is 10.3 Å². The second kappa shape index (κ2) is 5.31. The summed E-state index contributed by atoms with van der Waals surface area (Å²) in [4.78, 5) is 9.15. The monoisotopic (exact) mass is 310 g/mol. The van der Waals surface area contributed by atoms with E-state index in [2.05, 4.69) is 17.0 Å². The predicted molar refractivity (Wildman–Crippen MR) is 84.1 cm³/mol. The SMILES string of the molecule is Cc1ccnc(-n2nc(-c3ccco3)nc2C2(C)CCCO2)c1. The van der Waals surface area contributed by atoms with E-state index in [9.17, 15) is 0 Å². The fraction of sp³-hybridized carbons (Fsp3) is 0.353. The average Bonchev–Trinajstić information content (AvgIpc) is 3.27. The van der Waals surface area contributed by atoms with Gasteiger partial charge in [0.1, 0.15) is 5.60 Å². The van der Waals surface area contributed by atoms with Crippen LogP contribution in [0.3, 0.4) is 0 Å². The second-order valence-corrected chi connectivity index (χ2v) is 6.02. The molecule has 0 spiro atoms. The lowest BCUT2D eigenvalue weighted by molar-refractivity contribution is 0.00758. The molecule has 1 aliphatic rings. The maximum Gasteiger partial charge on any atom is 0.217 e. The number of aryl methyl sites for hydroxylation is 1. The standard InChI is InChI=1S/C17H18N4O2/c1-12-6-8-18-14(11-12)21-16(17(2)7-4-10-23-17)19-15(20-21)13-5-3-9-22-13/h3,5-6,8-9,11H,4,7,10H2,1-2H3. The van der Waals surface area contributed by atoms with Gasteiger partial charge < -0.3 is 9.15 Å². The molecular formula is C17H18N4O2. The number of furan rings is 1. The Labute approximate surface area is 134 Å². The van der Waals surface area contributed by atoms with E-state index in [1.807, 2.05) is 31.2 Å². The third kappa shape index (κ3) is 2.45. The smallest absolute Gasteiger partial charge is 0.217 e. The highest BCUT2D eigenvalue weighted by Gasteiger charge is 2.38. The van der Waals surface area contributed by atoms with Crippen molar-refractivity contribution in [2.24, 2.45) is 0 Å². The molecular weight excluding hydrogens is 292 g/mol. The number of rotatable bonds is 3. The van der Waals surface area contributed by atoms with Crippen LogP contribution < -0.4 is 0 Å². The first-order chi connectivity index (χ1) is 11.2. The lowest BCUT2D eigenvalue weighted by Crippen LogP contribution is -2.25. The van der Waals surface area contributed by atoms with E-state index in [1.165, 1.54) is 0 Å². The Morgan fingerprint density at radius 1 is 1.30 bits per heavy atom. The molecule has 3 aromatic rings. The molecule has 4 rings (SSSR count). The zero-order valence-electron chi connectivity index (χ0n) is 13.2. The van der Waals surface area contributed by atoms with Crippen molar-refractivity contribution in [1.29, 1.82) is 0 Å². The molecule has 1 aliphatic heterocycles. The Balaban J connectivity index is 1.89. The first-order valence-electron chi connectivity index (χ1n) is 7.74. The van der Waals surface area contributed by atoms with Crippen LogP contribution in [0.15, 0.2) is 41.1 Å². The van der Waals surface area contributed by atoms with Crippen molar-refractivity contribution in [3.8, 4) is 17.4 Å². The third-order valence-electron chi connectivity index (χ3n) is 4.16. The number of pyridine rings is 1. The Bertz CT molecular complexity index is 817. The minimum Gasteiger partial charge on any atom is -0.461 e. The van der Waals surface area contributed by atoms with Crippen LogP contribution >= 0.6 is 0 Å². The quantitative estimate of drug-likeness (QED) is 0.743. The predicted octanol–water partition coefficient (Wildman–Crippen LogP) is 3.26. The summed E-state index contributed by atoms with van der Waals surface area (Å²) in [5, 5.41) is 4.62. The Kier molecular flexibility index (Phi) is 3.27. The van der Waals surface area contributed by atoms with Crippen LogP contribution in [0.4, 0.5) is 0 Å². The van der Waals surface area contributed by atoms with Crippen molar-refractivity contribution in [2.45, 2.75) is 32.3 Å². The third-order valence-corrected chi connectivity index (χ3v) is 4.16. The van der Waals surface area contributed by atoms with Gasteiger partial charge in [-0.1, -0.05) is 0 Å². The number of hydrogen-bond acceptors (Lipinski definition) is 5. The molecule has 6 nitrogen and oxygen atoms in total. The van der Waals surface area contributed by atoms with Crippen molar-refractivity contribution < 1.29 is 9.15 Å². The maximum atomic E-state index is 5.97. The zero-order valence-corrected chi connectivity index (χ0v) is 13.2. The normalized spacial score (nSPS) is 21.0. The second-order valence-electron chi connectivity index (χ2n) is 6.02. The lowest BCUT2D eigenvalue weighted by atomic mass is 10.0. The van der Waals surface area contributed by atoms with Gasteiger partial charge in [0.2, 0.25) is 5.82 Å². The molecule has 1 fully saturated rings. The summed E-state index contributed by atoms with van der Waals surface area (Å²) < 4.78 is 13.2. The molecule has 0 saturated carbocycles. The van der Waals surface area contributed by atoms with Crippen LogP contribution in [0.25, 0.3) is 17.4 Å². The van der Waals surface area contributed by atoms with Gasteiger partial charge in [0, 0.05) is 12.8 Å². The zero-order chi connectivity index (χ0) is 15.9. The largest absolute Gasteiger partial charge is 0.461 e. The molecule has 1 unspecified atom stereocenters. The summed E-state index contributed by atoms with van der Waals surface area (Å²) in [5.74, 6) is 2.69. The molecule has 0 N–H and O–H groups in total. The van der Waals surface area contributed by atoms with Crippen LogP contribution in [0.1, 0.15) is 31.2 Å². The van der Waals surface area contributed by atoms with Gasteiger partial charge in [0.05, 0.1) is 6.26 Å². The van der Waals surface area contributed by atoms with Gasteiger partial charge in [0.15, 0.2) is 17.4 Å². The topological polar surface area (TPSA) is 66.0 Å². The number of hydrogen-bond donors (Lipinski definition) is 0. The minimum atomic E-state index is -0.455. The molecule has 0 amide bonds. The van der Waals surface area contributed by atoms with Gasteiger partial charge in [-0.15, -0.1) is 5.10 Å². The Morgan fingerprint density at radius 2 is 2.22 bits per heavy atom. The first kappa shape index (κ1) is 14.1. The van der Waals surface area contributed by atoms with E-state index in [4.69, 9.17) is 14.1 Å². The summed E-state index contributed by atoms with van der Waals surface area (Å²) in [7, 11) is 0. The van der Waals surface area contributed by atoms with Gasteiger partial charge >= 0.3 is 0 Å². The average molecular weight is 310 g/mol. The van der Waals surface area contributed by atoms with Crippen molar-refractivity contribution in [3.63, 3.8) is 0 Å². The summed E-state index contributed by atoms with van der Waals surface area (Å²) in [6.07, 6.45) is 5.32. The summed E-state index contributed by atoms with van der Waals surface area (Å²) >= 11 is 0. The summed E-state index contributed by atoms with van der Waals surface area (Å²) in [6, 6.07) is 7.63. The molecule has 0 bridgehead atoms. The van der Waals surface area contributed by atoms with Gasteiger partial charge in [-0.25, -0.2) is 9.97 Å². The Hall–Kier alpha value is -2.47. The van der Waals surface area contributed by atoms with Crippen molar-refractivity contribution in [2.75, 3.05) is 6.61 Å². The minimum absolute atomic E-state index is 0.455. The molecule has 23 heavy (non-hydrogen) atoms. The van der Waals surface area contributed by atoms with E-state index in [0.717, 1.165) is 36.7 Å². The van der Waals surface area contributed by atoms with Crippen LogP contribution in [0, 0.1) is 6.92 Å². The molecule has 3 aromatic heterocycles. The maximum absolute atomic E-state index is 5.97. The van der Waals surface area contributed by atoms with Crippen LogP contribution in [0.2, 0.25) is 0 Å². The van der Waals surface area contributed by atoms with Crippen LogP contribution in [-0.4, -0.2) is 26.4 Å². The van der Waals surface area contributed by atoms with Crippen molar-refractivity contribution in [3.05, 3.63) is 48.1 Å². The van der Waals surface area contributed by atoms with E-state index in [0.29, 0.717) is 11.6 Å². The Morgan fingerprint density at radius 3 is 2.91 bits per heavy atom. The molecule has 0 radical (unpaired) electrons. The first-order valence-corrected chi connectivity index (χ1v) is 7.74. The lowest BCUT2D eigenvalue weighted by Gasteiger charge is -2.22. The molecule has 0 aliphatic carbocycles. The van der Waals surface area contributed by atoms with E-state index < -0.39 is 5.60 Å². The molecule has 1 atom stereocenters. The van der Waals surface area contributed by atoms with Gasteiger partial charge in [-0.3, -0.25) is 0 Å². The highest BCUT2D eigenvalue weighted by Crippen LogP contribution is 2.36. The van der Waals surface area contributed by atoms with Crippen molar-refractivity contribution in [1.82, 2.24) is 19.7 Å². The fourth-order valence-corrected chi connectivity index (χ4v) is 2.92. The highest BCUT2D eigenvalue weighted by molar-refractivity contribution is 5.47. The molecule has 6 heteroatoms. The van der Waals surface area contributed by atoms with E-state index in [1.54, 1.807) is 17.1 Å². The van der Waals surface area contributed by atoms with Crippen LogP contribution in [0.5, 0.6) is 0 Å². The summed E-state index contributed by atoms with van der Waals surface area (Å²) in [6.45, 7) is 4.83. The van der Waals surface area contributed by atoms with Gasteiger partial charge in [-0.05, 0) is 56.5 Å². The number of ether oxygens (including phenoxy) is 1. The van der Waals surface area contributed by atoms with E-state index >= 15 is 0 Å². The highest BCUT2D eigenvalue weighted by atomic mass is 16.5. The summed E-state index contributed by atoms with van der Waals surface area (Å²) in [5.41, 5.74) is 0.664. The molecule has 1 saturated heterocycles. The molecule has 118 valence electrons. The number of nitrogens with zero attached hydrogens (tertiary/aromatic N) is 4. The molecule has 0 aromatic carbocycles.